The zero-order chi connectivity index (χ0) is 26.7. The Kier molecular flexibility index (Phi) is 7.86. The summed E-state index contributed by atoms with van der Waals surface area (Å²) >= 11 is 0. The Bertz CT molecular complexity index is 1520. The van der Waals surface area contributed by atoms with Crippen molar-refractivity contribution in [3.63, 3.8) is 0 Å². The lowest BCUT2D eigenvalue weighted by atomic mass is 9.94. The van der Waals surface area contributed by atoms with Gasteiger partial charge in [0.25, 0.3) is 5.56 Å². The molecular formula is C31H36N2O3Si. The Hall–Kier alpha value is -3.40. The van der Waals surface area contributed by atoms with Crippen LogP contribution in [-0.4, -0.2) is 31.9 Å². The Morgan fingerprint density at radius 1 is 0.973 bits per heavy atom. The first kappa shape index (κ1) is 26.7. The third-order valence-corrected chi connectivity index (χ3v) is 13.8. The van der Waals surface area contributed by atoms with Crippen LogP contribution in [0.25, 0.3) is 32.8 Å². The predicted octanol–water partition coefficient (Wildman–Crippen LogP) is 7.30. The molecule has 0 aliphatic heterocycles. The molecule has 5 nitrogen and oxygen atoms in total. The number of nitrogens with zero attached hydrogens (tertiary/aromatic N) is 1. The van der Waals surface area contributed by atoms with Gasteiger partial charge < -0.3 is 14.5 Å². The van der Waals surface area contributed by atoms with Gasteiger partial charge in [0.05, 0.1) is 17.2 Å². The van der Waals surface area contributed by atoms with Crippen molar-refractivity contribution >= 4 is 29.7 Å². The fourth-order valence-electron chi connectivity index (χ4n) is 5.79. The molecule has 6 heteroatoms. The molecule has 0 aliphatic rings. The Morgan fingerprint density at radius 2 is 1.70 bits per heavy atom. The summed E-state index contributed by atoms with van der Waals surface area (Å²) in [6, 6.07) is 16.1. The first-order valence-electron chi connectivity index (χ1n) is 12.9. The molecule has 0 saturated heterocycles. The third-order valence-electron chi connectivity index (χ3n) is 7.53. The zero-order valence-corrected chi connectivity index (χ0v) is 23.8. The summed E-state index contributed by atoms with van der Waals surface area (Å²) < 4.78 is 11.0. The van der Waals surface area contributed by atoms with Gasteiger partial charge in [-0.15, -0.1) is 5.54 Å². The highest BCUT2D eigenvalue weighted by Gasteiger charge is 2.41. The molecule has 0 atom stereocenters. The van der Waals surface area contributed by atoms with Crippen LogP contribution in [-0.2, 0) is 4.74 Å². The van der Waals surface area contributed by atoms with Gasteiger partial charge in [-0.05, 0) is 63.5 Å². The maximum atomic E-state index is 12.3. The number of nitrogens with one attached hydrogen (secondary N) is 1. The van der Waals surface area contributed by atoms with Crippen LogP contribution in [0.5, 0.6) is 5.75 Å². The molecule has 3 aromatic carbocycles. The van der Waals surface area contributed by atoms with Crippen molar-refractivity contribution in [3.05, 3.63) is 70.8 Å². The number of benzene rings is 3. The van der Waals surface area contributed by atoms with E-state index in [-0.39, 0.29) is 12.4 Å². The van der Waals surface area contributed by atoms with Crippen molar-refractivity contribution in [2.75, 3.05) is 13.9 Å². The summed E-state index contributed by atoms with van der Waals surface area (Å²) in [6.07, 6.45) is 1.44. The molecule has 37 heavy (non-hydrogen) atoms. The number of fused-ring (bicyclic) bond motifs is 2. The van der Waals surface area contributed by atoms with Gasteiger partial charge in [0, 0.05) is 18.1 Å². The van der Waals surface area contributed by atoms with E-state index >= 15 is 0 Å². The molecule has 4 aromatic rings. The smallest absolute Gasteiger partial charge is 0.258 e. The summed E-state index contributed by atoms with van der Waals surface area (Å²) in [6.45, 7) is 14.1. The summed E-state index contributed by atoms with van der Waals surface area (Å²) in [7, 11) is -0.308. The normalized spacial score (nSPS) is 11.9. The molecule has 4 rings (SSSR count). The minimum absolute atomic E-state index is 0.150. The van der Waals surface area contributed by atoms with Crippen molar-refractivity contribution < 1.29 is 9.47 Å². The van der Waals surface area contributed by atoms with E-state index in [0.29, 0.717) is 33.3 Å². The second-order valence-corrected chi connectivity index (χ2v) is 16.1. The van der Waals surface area contributed by atoms with E-state index in [2.05, 4.69) is 81.2 Å². The average Bonchev–Trinajstić information content (AvgIpc) is 2.86. The van der Waals surface area contributed by atoms with E-state index < -0.39 is 8.07 Å². The van der Waals surface area contributed by atoms with Crippen LogP contribution < -0.4 is 10.3 Å². The Balaban J connectivity index is 2.00. The number of H-pyrrole nitrogens is 1. The standard InChI is InChI=1S/C31H36N2O3Si/c1-20(2)37(21(3)4,22(5)6)14-13-23-9-8-10-25-15-26(36-19-35-7)17-28(30(23)25)24-11-12-27-29(16-24)32-18-33-31(27)34/h8-12,15-18,20-22H,19H2,1-7H3,(H,32,33,34). The summed E-state index contributed by atoms with van der Waals surface area (Å²) in [5.41, 5.74) is 8.97. The SMILES string of the molecule is COCOc1cc(-c2ccc3c(=O)[nH]cnc3c2)c2c(C#C[Si](C(C)C)(C(C)C)C(C)C)cccc2c1. The summed E-state index contributed by atoms with van der Waals surface area (Å²) in [5.74, 6) is 4.38. The number of aromatic amines is 1. The van der Waals surface area contributed by atoms with Crippen molar-refractivity contribution in [1.29, 1.82) is 0 Å². The lowest BCUT2D eigenvalue weighted by Crippen LogP contribution is -2.43. The monoisotopic (exact) mass is 512 g/mol. The van der Waals surface area contributed by atoms with Crippen molar-refractivity contribution in [3.8, 4) is 28.3 Å². The van der Waals surface area contributed by atoms with E-state index in [1.807, 2.05) is 30.3 Å². The summed E-state index contributed by atoms with van der Waals surface area (Å²) in [5, 5.41) is 2.67. The Labute approximate surface area is 220 Å². The molecule has 1 N–H and O–H groups in total. The van der Waals surface area contributed by atoms with E-state index in [4.69, 9.17) is 9.47 Å². The predicted molar refractivity (Wildman–Crippen MR) is 156 cm³/mol. The topological polar surface area (TPSA) is 64.2 Å². The van der Waals surface area contributed by atoms with E-state index in [1.54, 1.807) is 7.11 Å². The number of ether oxygens (including phenoxy) is 2. The number of methoxy groups -OCH3 is 1. The van der Waals surface area contributed by atoms with Gasteiger partial charge in [-0.3, -0.25) is 4.79 Å². The molecule has 1 aromatic heterocycles. The molecule has 0 amide bonds. The molecule has 192 valence electrons. The highest BCUT2D eigenvalue weighted by Crippen LogP contribution is 2.41. The molecule has 1 heterocycles. The van der Waals surface area contributed by atoms with Crippen molar-refractivity contribution in [2.24, 2.45) is 0 Å². The van der Waals surface area contributed by atoms with Gasteiger partial charge in [-0.25, -0.2) is 4.98 Å². The Morgan fingerprint density at radius 3 is 2.38 bits per heavy atom. The summed E-state index contributed by atoms with van der Waals surface area (Å²) in [4.78, 5) is 19.3. The van der Waals surface area contributed by atoms with Crippen LogP contribution >= 0.6 is 0 Å². The van der Waals surface area contributed by atoms with E-state index in [0.717, 1.165) is 27.5 Å². The van der Waals surface area contributed by atoms with Crippen LogP contribution in [0.1, 0.15) is 47.1 Å². The number of hydrogen-bond acceptors (Lipinski definition) is 4. The van der Waals surface area contributed by atoms with Crippen LogP contribution in [0, 0.1) is 11.5 Å². The van der Waals surface area contributed by atoms with Crippen LogP contribution in [0.4, 0.5) is 0 Å². The van der Waals surface area contributed by atoms with Crippen LogP contribution in [0.3, 0.4) is 0 Å². The highest BCUT2D eigenvalue weighted by molar-refractivity contribution is 6.90. The van der Waals surface area contributed by atoms with Gasteiger partial charge in [0.15, 0.2) is 6.79 Å². The van der Waals surface area contributed by atoms with Crippen LogP contribution in [0.2, 0.25) is 16.6 Å². The van der Waals surface area contributed by atoms with Gasteiger partial charge in [0.1, 0.15) is 13.8 Å². The second-order valence-electron chi connectivity index (χ2n) is 10.5. The van der Waals surface area contributed by atoms with E-state index in [1.165, 1.54) is 6.33 Å². The lowest BCUT2D eigenvalue weighted by Gasteiger charge is -2.38. The first-order chi connectivity index (χ1) is 17.7. The molecule has 0 unspecified atom stereocenters. The highest BCUT2D eigenvalue weighted by atomic mass is 28.3. The molecule has 0 fully saturated rings. The number of aromatic nitrogens is 2. The lowest BCUT2D eigenvalue weighted by molar-refractivity contribution is 0.0512. The third kappa shape index (κ3) is 5.07. The van der Waals surface area contributed by atoms with Gasteiger partial charge >= 0.3 is 0 Å². The molecule has 0 bridgehead atoms. The maximum Gasteiger partial charge on any atom is 0.258 e. The van der Waals surface area contributed by atoms with Gasteiger partial charge in [-0.2, -0.15) is 0 Å². The minimum Gasteiger partial charge on any atom is -0.468 e. The first-order valence-corrected chi connectivity index (χ1v) is 15.1. The van der Waals surface area contributed by atoms with Crippen molar-refractivity contribution in [1.82, 2.24) is 9.97 Å². The second kappa shape index (κ2) is 10.9. The zero-order valence-electron chi connectivity index (χ0n) is 22.8. The average molecular weight is 513 g/mol. The molecule has 0 radical (unpaired) electrons. The fraction of sp³-hybridized carbons (Fsp3) is 0.355. The quantitative estimate of drug-likeness (QED) is 0.160. The number of rotatable bonds is 7. The van der Waals surface area contributed by atoms with Gasteiger partial charge in [-0.1, -0.05) is 65.7 Å². The molecule has 0 aliphatic carbocycles. The van der Waals surface area contributed by atoms with E-state index in [9.17, 15) is 4.79 Å². The largest absolute Gasteiger partial charge is 0.468 e. The fourth-order valence-corrected chi connectivity index (χ4v) is 11.0. The molecule has 0 spiro atoms. The van der Waals surface area contributed by atoms with Crippen molar-refractivity contribution in [2.45, 2.75) is 58.2 Å². The number of hydrogen-bond donors (Lipinski definition) is 1. The maximum absolute atomic E-state index is 12.3. The van der Waals surface area contributed by atoms with Crippen LogP contribution in [0.15, 0.2) is 59.7 Å². The molecule has 0 saturated carbocycles. The molecular weight excluding hydrogens is 476 g/mol. The van der Waals surface area contributed by atoms with Gasteiger partial charge in [0.2, 0.25) is 0 Å². The minimum atomic E-state index is -1.92.